The Morgan fingerprint density at radius 2 is 2.24 bits per heavy atom. The first-order valence-corrected chi connectivity index (χ1v) is 7.11. The first-order chi connectivity index (χ1) is 8.05. The van der Waals surface area contributed by atoms with Crippen molar-refractivity contribution in [3.63, 3.8) is 0 Å². The molecular weight excluding hydrogens is 228 g/mol. The molecule has 1 rings (SSSR count). The van der Waals surface area contributed by atoms with Crippen LogP contribution in [0, 0.1) is 16.7 Å². The van der Waals surface area contributed by atoms with Gasteiger partial charge in [-0.1, -0.05) is 12.5 Å². The van der Waals surface area contributed by atoms with Crippen LogP contribution < -0.4 is 5.32 Å². The van der Waals surface area contributed by atoms with Crippen LogP contribution in [0.25, 0.3) is 0 Å². The Labute approximate surface area is 109 Å². The zero-order chi connectivity index (χ0) is 12.7. The van der Waals surface area contributed by atoms with Crippen molar-refractivity contribution in [3.8, 4) is 6.07 Å². The fourth-order valence-corrected chi connectivity index (χ4v) is 2.46. The Bertz CT molecular complexity index is 349. The van der Waals surface area contributed by atoms with E-state index in [1.807, 2.05) is 13.8 Å². The minimum atomic E-state index is -0.167. The second kappa shape index (κ2) is 6.78. The van der Waals surface area contributed by atoms with Crippen LogP contribution >= 0.6 is 11.3 Å². The second-order valence-corrected chi connectivity index (χ2v) is 6.12. The molecule has 0 amide bonds. The van der Waals surface area contributed by atoms with Crippen molar-refractivity contribution < 1.29 is 0 Å². The quantitative estimate of drug-likeness (QED) is 0.739. The summed E-state index contributed by atoms with van der Waals surface area (Å²) in [6, 6.07) is 7.05. The fourth-order valence-electron chi connectivity index (χ4n) is 1.70. The minimum absolute atomic E-state index is 0.167. The molecule has 0 fully saturated rings. The van der Waals surface area contributed by atoms with E-state index in [-0.39, 0.29) is 5.41 Å². The van der Waals surface area contributed by atoms with E-state index in [1.54, 1.807) is 11.3 Å². The van der Waals surface area contributed by atoms with Crippen molar-refractivity contribution in [2.75, 3.05) is 6.54 Å². The first-order valence-electron chi connectivity index (χ1n) is 6.23. The lowest BCUT2D eigenvalue weighted by molar-refractivity contribution is 0.418. The Balaban J connectivity index is 2.11. The molecule has 0 radical (unpaired) electrons. The second-order valence-electron chi connectivity index (χ2n) is 5.14. The number of nitrogens with one attached hydrogen (secondary N) is 1. The van der Waals surface area contributed by atoms with Gasteiger partial charge >= 0.3 is 0 Å². The molecule has 1 unspecified atom stereocenters. The van der Waals surface area contributed by atoms with E-state index < -0.39 is 0 Å². The lowest BCUT2D eigenvalue weighted by atomic mass is 9.89. The number of nitrogens with zero attached hydrogens (tertiary/aromatic N) is 1. The van der Waals surface area contributed by atoms with Gasteiger partial charge in [-0.25, -0.2) is 0 Å². The Morgan fingerprint density at radius 3 is 2.82 bits per heavy atom. The highest BCUT2D eigenvalue weighted by atomic mass is 32.1. The van der Waals surface area contributed by atoms with Gasteiger partial charge < -0.3 is 5.32 Å². The van der Waals surface area contributed by atoms with Gasteiger partial charge in [0.15, 0.2) is 0 Å². The van der Waals surface area contributed by atoms with Gasteiger partial charge in [0.1, 0.15) is 0 Å². The van der Waals surface area contributed by atoms with Crippen molar-refractivity contribution >= 4 is 11.3 Å². The first kappa shape index (κ1) is 14.2. The van der Waals surface area contributed by atoms with E-state index in [9.17, 15) is 0 Å². The van der Waals surface area contributed by atoms with Crippen molar-refractivity contribution in [1.82, 2.24) is 5.32 Å². The predicted molar refractivity (Wildman–Crippen MR) is 74.0 cm³/mol. The fraction of sp³-hybridized carbons (Fsp3) is 0.643. The van der Waals surface area contributed by atoms with Crippen LogP contribution in [0.3, 0.4) is 0 Å². The highest BCUT2D eigenvalue weighted by Crippen LogP contribution is 2.22. The van der Waals surface area contributed by atoms with Crippen LogP contribution in [-0.2, 0) is 0 Å². The third kappa shape index (κ3) is 5.34. The van der Waals surface area contributed by atoms with Gasteiger partial charge in [-0.3, -0.25) is 0 Å². The molecule has 0 bridgehead atoms. The van der Waals surface area contributed by atoms with E-state index in [0.29, 0.717) is 6.04 Å². The number of hydrogen-bond donors (Lipinski definition) is 1. The van der Waals surface area contributed by atoms with Crippen molar-refractivity contribution in [2.24, 2.45) is 5.41 Å². The van der Waals surface area contributed by atoms with E-state index >= 15 is 0 Å². The molecule has 1 N–H and O–H groups in total. The van der Waals surface area contributed by atoms with E-state index in [2.05, 4.69) is 35.8 Å². The summed E-state index contributed by atoms with van der Waals surface area (Å²) in [7, 11) is 0. The molecule has 1 atom stereocenters. The maximum Gasteiger partial charge on any atom is 0.0683 e. The van der Waals surface area contributed by atoms with Gasteiger partial charge in [0.05, 0.1) is 11.5 Å². The highest BCUT2D eigenvalue weighted by molar-refractivity contribution is 7.10. The third-order valence-corrected chi connectivity index (χ3v) is 4.01. The maximum atomic E-state index is 8.90. The molecule has 1 aromatic heterocycles. The summed E-state index contributed by atoms with van der Waals surface area (Å²) >= 11 is 1.80. The molecule has 1 heterocycles. The largest absolute Gasteiger partial charge is 0.309 e. The van der Waals surface area contributed by atoms with E-state index in [1.165, 1.54) is 4.88 Å². The minimum Gasteiger partial charge on any atom is -0.309 e. The molecule has 0 saturated carbocycles. The standard InChI is InChI=1S/C14H22N2S/c1-12(13-7-6-10-17-13)16-9-5-4-8-14(2,3)11-15/h6-7,10,12,16H,4-5,8-9H2,1-3H3. The van der Waals surface area contributed by atoms with Gasteiger partial charge in [0.25, 0.3) is 0 Å². The van der Waals surface area contributed by atoms with Gasteiger partial charge in [0.2, 0.25) is 0 Å². The zero-order valence-corrected chi connectivity index (χ0v) is 11.8. The number of unbranched alkanes of at least 4 members (excludes halogenated alkanes) is 1. The van der Waals surface area contributed by atoms with Crippen molar-refractivity contribution in [3.05, 3.63) is 22.4 Å². The summed E-state index contributed by atoms with van der Waals surface area (Å²) in [4.78, 5) is 1.39. The maximum absolute atomic E-state index is 8.90. The number of rotatable bonds is 7. The smallest absolute Gasteiger partial charge is 0.0683 e. The Kier molecular flexibility index (Phi) is 5.67. The van der Waals surface area contributed by atoms with Crippen LogP contribution in [0.1, 0.15) is 51.0 Å². The molecule has 0 saturated heterocycles. The zero-order valence-electron chi connectivity index (χ0n) is 11.0. The molecular formula is C14H22N2S. The summed E-state index contributed by atoms with van der Waals surface area (Å²) in [6.07, 6.45) is 3.24. The molecule has 17 heavy (non-hydrogen) atoms. The van der Waals surface area contributed by atoms with Crippen LogP contribution in [0.2, 0.25) is 0 Å². The molecule has 0 aromatic carbocycles. The molecule has 0 aliphatic carbocycles. The van der Waals surface area contributed by atoms with Crippen molar-refractivity contribution in [2.45, 2.75) is 46.1 Å². The van der Waals surface area contributed by atoms with Gasteiger partial charge in [0, 0.05) is 10.9 Å². The lowest BCUT2D eigenvalue weighted by Crippen LogP contribution is -2.19. The SMILES string of the molecule is CC(NCCCCC(C)(C)C#N)c1cccs1. The Morgan fingerprint density at radius 1 is 1.47 bits per heavy atom. The van der Waals surface area contributed by atoms with E-state index in [0.717, 1.165) is 25.8 Å². The third-order valence-electron chi connectivity index (χ3n) is 2.95. The molecule has 3 heteroatoms. The normalized spacial score (nSPS) is 13.3. The van der Waals surface area contributed by atoms with Gasteiger partial charge in [-0.05, 0) is 51.6 Å². The summed E-state index contributed by atoms with van der Waals surface area (Å²) in [5.41, 5.74) is -0.167. The van der Waals surface area contributed by atoms with Crippen molar-refractivity contribution in [1.29, 1.82) is 5.26 Å². The molecule has 1 aromatic rings. The number of nitriles is 1. The summed E-state index contributed by atoms with van der Waals surface area (Å²) in [6.45, 7) is 7.25. The average molecular weight is 250 g/mol. The van der Waals surface area contributed by atoms with Gasteiger partial charge in [-0.2, -0.15) is 5.26 Å². The van der Waals surface area contributed by atoms with Crippen LogP contribution in [0.15, 0.2) is 17.5 Å². The lowest BCUT2D eigenvalue weighted by Gasteiger charge is -2.15. The summed E-state index contributed by atoms with van der Waals surface area (Å²) in [5, 5.41) is 14.5. The Hall–Kier alpha value is -0.850. The molecule has 0 spiro atoms. The predicted octanol–water partition coefficient (Wildman–Crippen LogP) is 4.12. The summed E-state index contributed by atoms with van der Waals surface area (Å²) < 4.78 is 0. The summed E-state index contributed by atoms with van der Waals surface area (Å²) in [5.74, 6) is 0. The molecule has 2 nitrogen and oxygen atoms in total. The van der Waals surface area contributed by atoms with Crippen LogP contribution in [0.4, 0.5) is 0 Å². The van der Waals surface area contributed by atoms with E-state index in [4.69, 9.17) is 5.26 Å². The molecule has 0 aliphatic rings. The topological polar surface area (TPSA) is 35.8 Å². The number of hydrogen-bond acceptors (Lipinski definition) is 3. The van der Waals surface area contributed by atoms with Gasteiger partial charge in [-0.15, -0.1) is 11.3 Å². The average Bonchev–Trinajstić information content (AvgIpc) is 2.82. The number of thiophene rings is 1. The molecule has 0 aliphatic heterocycles. The van der Waals surface area contributed by atoms with Crippen LogP contribution in [0.5, 0.6) is 0 Å². The highest BCUT2D eigenvalue weighted by Gasteiger charge is 2.15. The molecule has 94 valence electrons. The van der Waals surface area contributed by atoms with Crippen LogP contribution in [-0.4, -0.2) is 6.54 Å². The monoisotopic (exact) mass is 250 g/mol.